The van der Waals surface area contributed by atoms with Crippen LogP contribution >= 0.6 is 23.4 Å². The summed E-state index contributed by atoms with van der Waals surface area (Å²) in [6.45, 7) is 0. The largest absolute Gasteiger partial charge is 0.383 e. The highest BCUT2D eigenvalue weighted by Crippen LogP contribution is 2.23. The van der Waals surface area contributed by atoms with Crippen LogP contribution < -0.4 is 11.5 Å². The Balaban J connectivity index is 2.04. The van der Waals surface area contributed by atoms with Gasteiger partial charge in [-0.05, 0) is 17.7 Å². The van der Waals surface area contributed by atoms with Gasteiger partial charge in [0.15, 0.2) is 0 Å². The molecule has 0 aliphatic heterocycles. The van der Waals surface area contributed by atoms with E-state index in [1.807, 2.05) is 24.3 Å². The van der Waals surface area contributed by atoms with Gasteiger partial charge in [0, 0.05) is 16.8 Å². The number of aromatic nitrogens is 2. The summed E-state index contributed by atoms with van der Waals surface area (Å²) in [5.74, 6) is 1.37. The molecular weight excluding hydrogens is 256 g/mol. The average molecular weight is 267 g/mol. The molecule has 0 aliphatic carbocycles. The summed E-state index contributed by atoms with van der Waals surface area (Å²) in [7, 11) is 0. The predicted octanol–water partition coefficient (Wildman–Crippen LogP) is 2.59. The zero-order chi connectivity index (χ0) is 12.3. The molecule has 0 amide bonds. The van der Waals surface area contributed by atoms with E-state index >= 15 is 0 Å². The monoisotopic (exact) mass is 266 g/mol. The second-order valence-corrected chi connectivity index (χ2v) is 4.84. The molecule has 6 heteroatoms. The molecule has 0 spiro atoms. The Kier molecular flexibility index (Phi) is 3.71. The van der Waals surface area contributed by atoms with Gasteiger partial charge in [0.2, 0.25) is 5.95 Å². The summed E-state index contributed by atoms with van der Waals surface area (Å²) in [5.41, 5.74) is 12.3. The van der Waals surface area contributed by atoms with Gasteiger partial charge >= 0.3 is 0 Å². The molecule has 0 saturated carbocycles. The van der Waals surface area contributed by atoms with Gasteiger partial charge in [0.25, 0.3) is 0 Å². The van der Waals surface area contributed by atoms with Crippen LogP contribution in [0.5, 0.6) is 0 Å². The van der Waals surface area contributed by atoms with Gasteiger partial charge in [-0.1, -0.05) is 23.7 Å². The number of hydrogen-bond donors (Lipinski definition) is 2. The first-order chi connectivity index (χ1) is 8.13. The molecule has 0 unspecified atom stereocenters. The van der Waals surface area contributed by atoms with Crippen molar-refractivity contribution in [2.75, 3.05) is 11.5 Å². The SMILES string of the molecule is Nc1cc(SCc2ccc(Cl)cc2)nc(N)n1. The van der Waals surface area contributed by atoms with Crippen LogP contribution in [0.2, 0.25) is 5.02 Å². The Labute approximate surface area is 108 Å². The van der Waals surface area contributed by atoms with E-state index in [4.69, 9.17) is 23.1 Å². The van der Waals surface area contributed by atoms with E-state index in [9.17, 15) is 0 Å². The molecule has 4 N–H and O–H groups in total. The van der Waals surface area contributed by atoms with Gasteiger partial charge in [0.05, 0.1) is 0 Å². The zero-order valence-corrected chi connectivity index (χ0v) is 10.5. The third-order valence-electron chi connectivity index (χ3n) is 2.04. The Morgan fingerprint density at radius 1 is 1.12 bits per heavy atom. The molecule has 0 fully saturated rings. The molecule has 0 saturated heterocycles. The highest BCUT2D eigenvalue weighted by atomic mass is 35.5. The third kappa shape index (κ3) is 3.51. The number of nitrogens with two attached hydrogens (primary N) is 2. The van der Waals surface area contributed by atoms with Gasteiger partial charge in [0.1, 0.15) is 10.8 Å². The molecule has 2 aromatic rings. The topological polar surface area (TPSA) is 77.8 Å². The van der Waals surface area contributed by atoms with E-state index in [1.165, 1.54) is 0 Å². The van der Waals surface area contributed by atoms with E-state index in [0.717, 1.165) is 21.4 Å². The molecule has 0 radical (unpaired) electrons. The fourth-order valence-corrected chi connectivity index (χ4v) is 2.27. The Morgan fingerprint density at radius 3 is 2.47 bits per heavy atom. The third-order valence-corrected chi connectivity index (χ3v) is 3.27. The van der Waals surface area contributed by atoms with E-state index in [2.05, 4.69) is 9.97 Å². The summed E-state index contributed by atoms with van der Waals surface area (Å²) in [6, 6.07) is 9.38. The molecule has 88 valence electrons. The zero-order valence-electron chi connectivity index (χ0n) is 8.93. The first kappa shape index (κ1) is 12.0. The highest BCUT2D eigenvalue weighted by Gasteiger charge is 2.01. The maximum atomic E-state index is 5.81. The van der Waals surface area contributed by atoms with Crippen LogP contribution in [0.25, 0.3) is 0 Å². The minimum atomic E-state index is 0.198. The number of halogens is 1. The lowest BCUT2D eigenvalue weighted by Crippen LogP contribution is -2.00. The fourth-order valence-electron chi connectivity index (χ4n) is 1.27. The minimum Gasteiger partial charge on any atom is -0.383 e. The van der Waals surface area contributed by atoms with Crippen molar-refractivity contribution in [3.63, 3.8) is 0 Å². The van der Waals surface area contributed by atoms with Crippen molar-refractivity contribution in [1.29, 1.82) is 0 Å². The minimum absolute atomic E-state index is 0.198. The maximum absolute atomic E-state index is 5.81. The quantitative estimate of drug-likeness (QED) is 0.659. The van der Waals surface area contributed by atoms with Crippen LogP contribution in [0.3, 0.4) is 0 Å². The van der Waals surface area contributed by atoms with Crippen LogP contribution in [0.4, 0.5) is 11.8 Å². The predicted molar refractivity (Wildman–Crippen MR) is 71.9 cm³/mol. The van der Waals surface area contributed by atoms with E-state index in [1.54, 1.807) is 17.8 Å². The lowest BCUT2D eigenvalue weighted by Gasteiger charge is -2.03. The molecule has 2 rings (SSSR count). The summed E-state index contributed by atoms with van der Waals surface area (Å²) in [5, 5.41) is 1.50. The van der Waals surface area contributed by atoms with Crippen molar-refractivity contribution in [2.45, 2.75) is 10.8 Å². The molecule has 0 aliphatic rings. The number of nitrogens with zero attached hydrogens (tertiary/aromatic N) is 2. The molecule has 1 heterocycles. The van der Waals surface area contributed by atoms with Crippen molar-refractivity contribution < 1.29 is 0 Å². The Hall–Kier alpha value is -1.46. The van der Waals surface area contributed by atoms with E-state index < -0.39 is 0 Å². The number of rotatable bonds is 3. The molecule has 0 atom stereocenters. The molecule has 0 bridgehead atoms. The number of nitrogen functional groups attached to an aromatic ring is 2. The smallest absolute Gasteiger partial charge is 0.223 e. The van der Waals surface area contributed by atoms with Gasteiger partial charge in [-0.2, -0.15) is 4.98 Å². The van der Waals surface area contributed by atoms with Crippen molar-refractivity contribution in [1.82, 2.24) is 9.97 Å². The van der Waals surface area contributed by atoms with Crippen molar-refractivity contribution in [3.8, 4) is 0 Å². The van der Waals surface area contributed by atoms with Crippen LogP contribution in [-0.2, 0) is 5.75 Å². The number of hydrogen-bond acceptors (Lipinski definition) is 5. The van der Waals surface area contributed by atoms with Crippen LogP contribution in [0, 0.1) is 0 Å². The number of anilines is 2. The van der Waals surface area contributed by atoms with E-state index in [0.29, 0.717) is 5.82 Å². The second kappa shape index (κ2) is 5.25. The lowest BCUT2D eigenvalue weighted by molar-refractivity contribution is 1.07. The molecular formula is C11H11ClN4S. The van der Waals surface area contributed by atoms with Crippen molar-refractivity contribution >= 4 is 35.1 Å². The average Bonchev–Trinajstić information content (AvgIpc) is 2.27. The van der Waals surface area contributed by atoms with Gasteiger partial charge in [-0.15, -0.1) is 11.8 Å². The summed E-state index contributed by atoms with van der Waals surface area (Å²) in [4.78, 5) is 7.90. The van der Waals surface area contributed by atoms with Gasteiger partial charge < -0.3 is 11.5 Å². The summed E-state index contributed by atoms with van der Waals surface area (Å²) < 4.78 is 0. The first-order valence-corrected chi connectivity index (χ1v) is 6.27. The Bertz CT molecular complexity index is 495. The number of thioether (sulfide) groups is 1. The van der Waals surface area contributed by atoms with Crippen LogP contribution in [0.1, 0.15) is 5.56 Å². The summed E-state index contributed by atoms with van der Waals surface area (Å²) >= 11 is 7.36. The second-order valence-electron chi connectivity index (χ2n) is 3.40. The normalized spacial score (nSPS) is 10.4. The Morgan fingerprint density at radius 2 is 1.82 bits per heavy atom. The van der Waals surface area contributed by atoms with Gasteiger partial charge in [-0.3, -0.25) is 0 Å². The summed E-state index contributed by atoms with van der Waals surface area (Å²) in [6.07, 6.45) is 0. The molecule has 1 aromatic heterocycles. The lowest BCUT2D eigenvalue weighted by atomic mass is 10.2. The van der Waals surface area contributed by atoms with Crippen molar-refractivity contribution in [2.24, 2.45) is 0 Å². The maximum Gasteiger partial charge on any atom is 0.223 e. The first-order valence-electron chi connectivity index (χ1n) is 4.91. The standard InChI is InChI=1S/C11H11ClN4S/c12-8-3-1-7(2-4-8)6-17-10-5-9(13)15-11(14)16-10/h1-5H,6H2,(H4,13,14,15,16). The fraction of sp³-hybridized carbons (Fsp3) is 0.0909. The molecule has 1 aromatic carbocycles. The molecule has 17 heavy (non-hydrogen) atoms. The van der Waals surface area contributed by atoms with Crippen LogP contribution in [-0.4, -0.2) is 9.97 Å². The highest BCUT2D eigenvalue weighted by molar-refractivity contribution is 7.98. The molecule has 4 nitrogen and oxygen atoms in total. The van der Waals surface area contributed by atoms with Crippen molar-refractivity contribution in [3.05, 3.63) is 40.9 Å². The van der Waals surface area contributed by atoms with Crippen LogP contribution in [0.15, 0.2) is 35.4 Å². The van der Waals surface area contributed by atoms with E-state index in [-0.39, 0.29) is 5.95 Å². The number of benzene rings is 1. The van der Waals surface area contributed by atoms with Gasteiger partial charge in [-0.25, -0.2) is 4.98 Å².